The molecule has 0 bridgehead atoms. The van der Waals surface area contributed by atoms with Crippen LogP contribution in [0.2, 0.25) is 0 Å². The fraction of sp³-hybridized carbons (Fsp3) is 0.235. The van der Waals surface area contributed by atoms with E-state index >= 15 is 0 Å². The van der Waals surface area contributed by atoms with Crippen LogP contribution in [0.15, 0.2) is 48.5 Å². The predicted molar refractivity (Wildman–Crippen MR) is 83.6 cm³/mol. The highest BCUT2D eigenvalue weighted by molar-refractivity contribution is 5.95. The van der Waals surface area contributed by atoms with Crippen LogP contribution in [0.4, 0.5) is 10.1 Å². The maximum atomic E-state index is 12.9. The van der Waals surface area contributed by atoms with Gasteiger partial charge in [0.05, 0.1) is 0 Å². The Morgan fingerprint density at radius 2 is 1.77 bits per heavy atom. The number of hydrogen-bond donors (Lipinski definition) is 3. The molecule has 0 radical (unpaired) electrons. The van der Waals surface area contributed by atoms with E-state index in [9.17, 15) is 9.18 Å². The van der Waals surface area contributed by atoms with Gasteiger partial charge >= 0.3 is 0 Å². The summed E-state index contributed by atoms with van der Waals surface area (Å²) in [4.78, 5) is 12.3. The molecule has 3 rings (SSSR count). The molecule has 4 nitrogen and oxygen atoms in total. The molecule has 0 aromatic heterocycles. The van der Waals surface area contributed by atoms with Crippen molar-refractivity contribution in [1.82, 2.24) is 10.9 Å². The number of nitrogens with one attached hydrogen (secondary N) is 3. The third-order valence-corrected chi connectivity index (χ3v) is 3.81. The Bertz CT molecular complexity index is 655. The van der Waals surface area contributed by atoms with Gasteiger partial charge in [0.15, 0.2) is 0 Å². The largest absolute Gasteiger partial charge is 0.325 e. The van der Waals surface area contributed by atoms with Crippen LogP contribution in [0.1, 0.15) is 23.6 Å². The summed E-state index contributed by atoms with van der Waals surface area (Å²) in [6.07, 6.45) is 0.614. The lowest BCUT2D eigenvalue weighted by atomic mass is 10.0. The van der Waals surface area contributed by atoms with E-state index in [-0.39, 0.29) is 23.8 Å². The van der Waals surface area contributed by atoms with Crippen molar-refractivity contribution in [2.24, 2.45) is 0 Å². The lowest BCUT2D eigenvalue weighted by Gasteiger charge is -2.11. The minimum atomic E-state index is -0.323. The maximum absolute atomic E-state index is 12.9. The number of benzene rings is 2. The Balaban J connectivity index is 1.61. The molecule has 1 fully saturated rings. The van der Waals surface area contributed by atoms with Crippen LogP contribution >= 0.6 is 0 Å². The molecule has 5 heteroatoms. The van der Waals surface area contributed by atoms with Crippen LogP contribution in [0.5, 0.6) is 0 Å². The molecule has 22 heavy (non-hydrogen) atoms. The van der Waals surface area contributed by atoms with Gasteiger partial charge in [0.1, 0.15) is 11.9 Å². The van der Waals surface area contributed by atoms with Crippen molar-refractivity contribution in [1.29, 1.82) is 0 Å². The molecule has 1 heterocycles. The number of aryl methyl sites for hydroxylation is 1. The van der Waals surface area contributed by atoms with Crippen molar-refractivity contribution < 1.29 is 9.18 Å². The van der Waals surface area contributed by atoms with Crippen LogP contribution in [0.25, 0.3) is 0 Å². The zero-order chi connectivity index (χ0) is 15.5. The Morgan fingerprint density at radius 3 is 2.45 bits per heavy atom. The van der Waals surface area contributed by atoms with Gasteiger partial charge in [0, 0.05) is 11.7 Å². The van der Waals surface area contributed by atoms with E-state index in [1.807, 2.05) is 31.2 Å². The van der Waals surface area contributed by atoms with Crippen molar-refractivity contribution in [2.45, 2.75) is 25.4 Å². The van der Waals surface area contributed by atoms with Crippen molar-refractivity contribution in [2.75, 3.05) is 5.32 Å². The van der Waals surface area contributed by atoms with Gasteiger partial charge in [-0.15, -0.1) is 0 Å². The minimum absolute atomic E-state index is 0.00521. The number of amides is 1. The monoisotopic (exact) mass is 299 g/mol. The third kappa shape index (κ3) is 3.32. The van der Waals surface area contributed by atoms with Gasteiger partial charge in [0.25, 0.3) is 0 Å². The molecule has 2 aromatic carbocycles. The Morgan fingerprint density at radius 1 is 1.09 bits per heavy atom. The summed E-state index contributed by atoms with van der Waals surface area (Å²) in [6, 6.07) is 13.7. The van der Waals surface area contributed by atoms with Crippen LogP contribution in [0.3, 0.4) is 0 Å². The van der Waals surface area contributed by atoms with E-state index in [4.69, 9.17) is 0 Å². The zero-order valence-electron chi connectivity index (χ0n) is 12.3. The minimum Gasteiger partial charge on any atom is -0.325 e. The molecule has 1 saturated heterocycles. The summed E-state index contributed by atoms with van der Waals surface area (Å²) in [7, 11) is 0. The van der Waals surface area contributed by atoms with Crippen LogP contribution in [-0.4, -0.2) is 11.9 Å². The van der Waals surface area contributed by atoms with Crippen LogP contribution in [-0.2, 0) is 4.79 Å². The fourth-order valence-corrected chi connectivity index (χ4v) is 2.51. The highest BCUT2D eigenvalue weighted by Crippen LogP contribution is 2.23. The third-order valence-electron chi connectivity index (χ3n) is 3.81. The van der Waals surface area contributed by atoms with Crippen LogP contribution < -0.4 is 16.2 Å². The van der Waals surface area contributed by atoms with Gasteiger partial charge in [-0.1, -0.05) is 29.8 Å². The number of hydrazine groups is 1. The van der Waals surface area contributed by atoms with Crippen molar-refractivity contribution in [3.63, 3.8) is 0 Å². The molecule has 1 aliphatic rings. The number of hydrogen-bond acceptors (Lipinski definition) is 3. The van der Waals surface area contributed by atoms with E-state index in [2.05, 4.69) is 16.2 Å². The van der Waals surface area contributed by atoms with Gasteiger partial charge < -0.3 is 5.32 Å². The zero-order valence-corrected chi connectivity index (χ0v) is 12.3. The summed E-state index contributed by atoms with van der Waals surface area (Å²) < 4.78 is 12.9. The predicted octanol–water partition coefficient (Wildman–Crippen LogP) is 2.68. The highest BCUT2D eigenvalue weighted by atomic mass is 19.1. The molecular weight excluding hydrogens is 281 g/mol. The van der Waals surface area contributed by atoms with E-state index in [0.29, 0.717) is 6.42 Å². The first kappa shape index (κ1) is 14.7. The molecule has 1 aliphatic heterocycles. The van der Waals surface area contributed by atoms with Crippen molar-refractivity contribution in [3.05, 3.63) is 65.5 Å². The molecule has 114 valence electrons. The summed E-state index contributed by atoms with van der Waals surface area (Å²) >= 11 is 0. The quantitative estimate of drug-likeness (QED) is 0.817. The lowest BCUT2D eigenvalue weighted by molar-refractivity contribution is -0.117. The number of carbonyl (C=O) groups excluding carboxylic acids is 1. The lowest BCUT2D eigenvalue weighted by Crippen LogP contribution is -2.39. The Labute approximate surface area is 128 Å². The summed E-state index contributed by atoms with van der Waals surface area (Å²) in [5, 5.41) is 2.89. The molecule has 2 unspecified atom stereocenters. The summed E-state index contributed by atoms with van der Waals surface area (Å²) in [5.74, 6) is -0.343. The van der Waals surface area contributed by atoms with E-state index in [0.717, 1.165) is 16.8 Å². The van der Waals surface area contributed by atoms with Crippen LogP contribution in [0, 0.1) is 12.7 Å². The van der Waals surface area contributed by atoms with Crippen molar-refractivity contribution >= 4 is 11.6 Å². The average molecular weight is 299 g/mol. The molecule has 0 aliphatic carbocycles. The second-order valence-corrected chi connectivity index (χ2v) is 5.54. The second-order valence-electron chi connectivity index (χ2n) is 5.54. The normalized spacial score (nSPS) is 20.8. The second kappa shape index (κ2) is 6.25. The molecule has 0 saturated carbocycles. The number of halogens is 1. The van der Waals surface area contributed by atoms with Gasteiger partial charge in [0.2, 0.25) is 5.91 Å². The van der Waals surface area contributed by atoms with Crippen molar-refractivity contribution in [3.8, 4) is 0 Å². The molecule has 2 aromatic rings. The number of carbonyl (C=O) groups is 1. The topological polar surface area (TPSA) is 53.2 Å². The smallest absolute Gasteiger partial charge is 0.242 e. The molecule has 2 atom stereocenters. The standard InChI is InChI=1S/C17H18FN3O/c1-11-2-8-14(9-3-11)19-17(22)16-10-15(20-21-16)12-4-6-13(18)7-5-12/h2-9,15-16,20-21H,10H2,1H3,(H,19,22). The molecule has 3 N–H and O–H groups in total. The number of rotatable bonds is 3. The summed E-state index contributed by atoms with van der Waals surface area (Å²) in [6.45, 7) is 2.00. The maximum Gasteiger partial charge on any atom is 0.242 e. The van der Waals surface area contributed by atoms with Gasteiger partial charge in [-0.2, -0.15) is 0 Å². The highest BCUT2D eigenvalue weighted by Gasteiger charge is 2.30. The molecule has 0 spiro atoms. The molecule has 1 amide bonds. The van der Waals surface area contributed by atoms with E-state index < -0.39 is 0 Å². The summed E-state index contributed by atoms with van der Waals surface area (Å²) in [5.41, 5.74) is 8.97. The fourth-order valence-electron chi connectivity index (χ4n) is 2.51. The Kier molecular flexibility index (Phi) is 4.18. The Hall–Kier alpha value is -2.24. The van der Waals surface area contributed by atoms with E-state index in [1.54, 1.807) is 12.1 Å². The SMILES string of the molecule is Cc1ccc(NC(=O)C2CC(c3ccc(F)cc3)NN2)cc1. The number of anilines is 1. The van der Waals surface area contributed by atoms with Gasteiger partial charge in [-0.3, -0.25) is 4.79 Å². The van der Waals surface area contributed by atoms with Gasteiger partial charge in [-0.25, -0.2) is 15.2 Å². The molecular formula is C17H18FN3O. The average Bonchev–Trinajstić information content (AvgIpc) is 3.00. The van der Waals surface area contributed by atoms with E-state index in [1.165, 1.54) is 12.1 Å². The first-order chi connectivity index (χ1) is 10.6. The first-order valence-electron chi connectivity index (χ1n) is 7.26. The van der Waals surface area contributed by atoms with Gasteiger partial charge in [-0.05, 0) is 43.2 Å². The first-order valence-corrected chi connectivity index (χ1v) is 7.26.